The van der Waals surface area contributed by atoms with Gasteiger partial charge in [-0.1, -0.05) is 12.1 Å². The molecule has 0 unspecified atom stereocenters. The summed E-state index contributed by atoms with van der Waals surface area (Å²) in [7, 11) is 1.24. The van der Waals surface area contributed by atoms with E-state index in [-0.39, 0.29) is 22.5 Å². The lowest BCUT2D eigenvalue weighted by molar-refractivity contribution is -0.385. The van der Waals surface area contributed by atoms with Crippen molar-refractivity contribution in [2.75, 3.05) is 12.4 Å². The van der Waals surface area contributed by atoms with Crippen LogP contribution in [0.4, 0.5) is 11.4 Å². The van der Waals surface area contributed by atoms with Crippen molar-refractivity contribution in [1.82, 2.24) is 5.43 Å². The second-order valence-electron chi connectivity index (χ2n) is 5.04. The van der Waals surface area contributed by atoms with Crippen LogP contribution in [-0.2, 0) is 14.3 Å². The first-order valence-corrected chi connectivity index (χ1v) is 7.48. The van der Waals surface area contributed by atoms with Gasteiger partial charge in [0.05, 0.1) is 29.4 Å². The Balaban J connectivity index is 1.95. The number of esters is 1. The number of methoxy groups -OCH3 is 1. The topological polar surface area (TPSA) is 140 Å². The number of ether oxygens (including phenoxy) is 1. The summed E-state index contributed by atoms with van der Waals surface area (Å²) in [4.78, 5) is 45.2. The molecule has 0 aromatic heterocycles. The van der Waals surface area contributed by atoms with Gasteiger partial charge in [0, 0.05) is 11.8 Å². The molecule has 2 N–H and O–H groups in total. The molecule has 2 aromatic rings. The average molecular weight is 370 g/mol. The first kappa shape index (κ1) is 19.2. The molecule has 10 nitrogen and oxygen atoms in total. The van der Waals surface area contributed by atoms with Crippen LogP contribution in [0.5, 0.6) is 0 Å². The summed E-state index contributed by atoms with van der Waals surface area (Å²) in [5.41, 5.74) is 2.53. The molecule has 0 spiro atoms. The van der Waals surface area contributed by atoms with Crippen LogP contribution < -0.4 is 10.7 Å². The molecule has 0 heterocycles. The Labute approximate surface area is 153 Å². The smallest absolute Gasteiger partial charge is 0.337 e. The first-order chi connectivity index (χ1) is 12.9. The predicted molar refractivity (Wildman–Crippen MR) is 95.2 cm³/mol. The third-order valence-electron chi connectivity index (χ3n) is 3.27. The molecule has 0 atom stereocenters. The molecule has 2 aromatic carbocycles. The number of hydrogen-bond acceptors (Lipinski definition) is 7. The Morgan fingerprint density at radius 2 is 1.74 bits per heavy atom. The molecule has 0 saturated heterocycles. The predicted octanol–water partition coefficient (Wildman–Crippen LogP) is 1.47. The third-order valence-corrected chi connectivity index (χ3v) is 3.27. The number of anilines is 1. The minimum absolute atomic E-state index is 0.168. The summed E-state index contributed by atoms with van der Waals surface area (Å²) >= 11 is 0. The molecule has 0 radical (unpaired) electrons. The fourth-order valence-corrected chi connectivity index (χ4v) is 1.97. The fraction of sp³-hybridized carbons (Fsp3) is 0.0588. The molecule has 138 valence electrons. The number of nitrogens with one attached hydrogen (secondary N) is 2. The molecular weight excluding hydrogens is 356 g/mol. The Morgan fingerprint density at radius 1 is 1.07 bits per heavy atom. The Bertz CT molecular complexity index is 908. The zero-order chi connectivity index (χ0) is 19.8. The van der Waals surface area contributed by atoms with Crippen LogP contribution in [0.2, 0.25) is 0 Å². The van der Waals surface area contributed by atoms with E-state index in [0.717, 1.165) is 6.21 Å². The highest BCUT2D eigenvalue weighted by Crippen LogP contribution is 2.15. The maximum absolute atomic E-state index is 11.8. The van der Waals surface area contributed by atoms with Crippen molar-refractivity contribution in [2.24, 2.45) is 5.10 Å². The summed E-state index contributed by atoms with van der Waals surface area (Å²) in [6, 6.07) is 11.5. The van der Waals surface area contributed by atoms with E-state index in [2.05, 4.69) is 15.2 Å². The SMILES string of the molecule is COC(=O)c1ccc(NC(=O)C(=O)N/N=C/c2ccccc2[N+](=O)[O-])cc1. The van der Waals surface area contributed by atoms with Gasteiger partial charge in [0.25, 0.3) is 5.69 Å². The van der Waals surface area contributed by atoms with Crippen molar-refractivity contribution < 1.29 is 24.0 Å². The zero-order valence-electron chi connectivity index (χ0n) is 14.0. The average Bonchev–Trinajstić information content (AvgIpc) is 2.68. The van der Waals surface area contributed by atoms with Crippen LogP contribution in [-0.4, -0.2) is 36.0 Å². The van der Waals surface area contributed by atoms with Gasteiger partial charge in [-0.25, -0.2) is 10.2 Å². The van der Waals surface area contributed by atoms with E-state index >= 15 is 0 Å². The second kappa shape index (κ2) is 8.85. The number of nitrogens with zero attached hydrogens (tertiary/aromatic N) is 2. The monoisotopic (exact) mass is 370 g/mol. The summed E-state index contributed by atoms with van der Waals surface area (Å²) in [5, 5.41) is 16.7. The van der Waals surface area contributed by atoms with Crippen LogP contribution in [0.1, 0.15) is 15.9 Å². The highest BCUT2D eigenvalue weighted by molar-refractivity contribution is 6.39. The number of carbonyl (C=O) groups is 3. The Kier molecular flexibility index (Phi) is 6.31. The van der Waals surface area contributed by atoms with Crippen LogP contribution in [0.3, 0.4) is 0 Å². The highest BCUT2D eigenvalue weighted by Gasteiger charge is 2.14. The highest BCUT2D eigenvalue weighted by atomic mass is 16.6. The molecule has 0 saturated carbocycles. The minimum atomic E-state index is -1.07. The second-order valence-corrected chi connectivity index (χ2v) is 5.04. The minimum Gasteiger partial charge on any atom is -0.465 e. The first-order valence-electron chi connectivity index (χ1n) is 7.48. The van der Waals surface area contributed by atoms with Crippen LogP contribution in [0.25, 0.3) is 0 Å². The Hall–Kier alpha value is -4.08. The number of nitro benzene ring substituents is 1. The van der Waals surface area contributed by atoms with E-state index in [1.807, 2.05) is 5.43 Å². The molecule has 0 bridgehead atoms. The number of amides is 2. The van der Waals surface area contributed by atoms with Crippen LogP contribution >= 0.6 is 0 Å². The van der Waals surface area contributed by atoms with Crippen molar-refractivity contribution in [2.45, 2.75) is 0 Å². The van der Waals surface area contributed by atoms with Crippen LogP contribution in [0, 0.1) is 10.1 Å². The van der Waals surface area contributed by atoms with Gasteiger partial charge in [-0.15, -0.1) is 0 Å². The summed E-state index contributed by atoms with van der Waals surface area (Å²) in [5.74, 6) is -2.60. The quantitative estimate of drug-likeness (QED) is 0.268. The van der Waals surface area contributed by atoms with Gasteiger partial charge in [-0.3, -0.25) is 19.7 Å². The van der Waals surface area contributed by atoms with E-state index in [9.17, 15) is 24.5 Å². The lowest BCUT2D eigenvalue weighted by Gasteiger charge is -2.05. The molecule has 0 fully saturated rings. The fourth-order valence-electron chi connectivity index (χ4n) is 1.97. The number of para-hydroxylation sites is 1. The molecular formula is C17H14N4O6. The molecule has 2 amide bonds. The maximum Gasteiger partial charge on any atom is 0.337 e. The number of benzene rings is 2. The van der Waals surface area contributed by atoms with E-state index in [1.54, 1.807) is 6.07 Å². The standard InChI is InChI=1S/C17H14N4O6/c1-27-17(24)11-6-8-13(9-7-11)19-15(22)16(23)20-18-10-12-4-2-3-5-14(12)21(25)26/h2-10H,1H3,(H,19,22)(H,20,23)/b18-10+. The largest absolute Gasteiger partial charge is 0.465 e. The van der Waals surface area contributed by atoms with Crippen molar-refractivity contribution >= 4 is 35.4 Å². The molecule has 27 heavy (non-hydrogen) atoms. The Morgan fingerprint density at radius 3 is 2.37 bits per heavy atom. The van der Waals surface area contributed by atoms with Crippen molar-refractivity contribution in [3.05, 3.63) is 69.8 Å². The van der Waals surface area contributed by atoms with E-state index in [1.165, 1.54) is 49.6 Å². The van der Waals surface area contributed by atoms with Crippen LogP contribution in [0.15, 0.2) is 53.6 Å². The van der Waals surface area contributed by atoms with E-state index in [4.69, 9.17) is 0 Å². The molecule has 0 aliphatic carbocycles. The lowest BCUT2D eigenvalue weighted by Crippen LogP contribution is -2.32. The molecule has 0 aliphatic rings. The van der Waals surface area contributed by atoms with E-state index in [0.29, 0.717) is 0 Å². The van der Waals surface area contributed by atoms with Gasteiger partial charge in [0.15, 0.2) is 0 Å². The number of hydrazone groups is 1. The van der Waals surface area contributed by atoms with Crippen molar-refractivity contribution in [3.8, 4) is 0 Å². The van der Waals surface area contributed by atoms with Gasteiger partial charge in [-0.05, 0) is 30.3 Å². The van der Waals surface area contributed by atoms with Gasteiger partial charge in [0.1, 0.15) is 0 Å². The van der Waals surface area contributed by atoms with Gasteiger partial charge < -0.3 is 10.1 Å². The van der Waals surface area contributed by atoms with Crippen molar-refractivity contribution in [1.29, 1.82) is 0 Å². The summed E-state index contributed by atoms with van der Waals surface area (Å²) < 4.78 is 4.55. The number of nitro groups is 1. The molecule has 10 heteroatoms. The third kappa shape index (κ3) is 5.19. The summed E-state index contributed by atoms with van der Waals surface area (Å²) in [6.45, 7) is 0. The molecule has 0 aliphatic heterocycles. The van der Waals surface area contributed by atoms with Crippen molar-refractivity contribution in [3.63, 3.8) is 0 Å². The number of carbonyl (C=O) groups excluding carboxylic acids is 3. The van der Waals surface area contributed by atoms with Gasteiger partial charge >= 0.3 is 17.8 Å². The maximum atomic E-state index is 11.8. The van der Waals surface area contributed by atoms with E-state index < -0.39 is 22.7 Å². The zero-order valence-corrected chi connectivity index (χ0v) is 14.0. The molecule has 2 rings (SSSR count). The number of hydrogen-bond donors (Lipinski definition) is 2. The van der Waals surface area contributed by atoms with Gasteiger partial charge in [0.2, 0.25) is 0 Å². The van der Waals surface area contributed by atoms with Gasteiger partial charge in [-0.2, -0.15) is 5.10 Å². The summed E-state index contributed by atoms with van der Waals surface area (Å²) in [6.07, 6.45) is 1.06. The normalized spacial score (nSPS) is 10.3. The lowest BCUT2D eigenvalue weighted by atomic mass is 10.2. The number of rotatable bonds is 5.